The van der Waals surface area contributed by atoms with Crippen molar-refractivity contribution in [3.8, 4) is 45.3 Å². The lowest BCUT2D eigenvalue weighted by atomic mass is 9.99. The van der Waals surface area contributed by atoms with Crippen molar-refractivity contribution in [1.29, 1.82) is 0 Å². The van der Waals surface area contributed by atoms with Gasteiger partial charge in [0.2, 0.25) is 0 Å². The molecule has 0 spiro atoms. The van der Waals surface area contributed by atoms with Crippen LogP contribution in [0.15, 0.2) is 168 Å². The molecule has 2 heterocycles. The second kappa shape index (κ2) is 11.0. The van der Waals surface area contributed by atoms with Gasteiger partial charge in [-0.25, -0.2) is 15.0 Å². The van der Waals surface area contributed by atoms with E-state index in [0.29, 0.717) is 17.5 Å². The van der Waals surface area contributed by atoms with Gasteiger partial charge in [0, 0.05) is 21.9 Å². The van der Waals surface area contributed by atoms with Crippen LogP contribution in [0.2, 0.25) is 0 Å². The van der Waals surface area contributed by atoms with Gasteiger partial charge in [-0.15, -0.1) is 0 Å². The first-order valence-corrected chi connectivity index (χ1v) is 16.4. The van der Waals surface area contributed by atoms with Gasteiger partial charge in [-0.3, -0.25) is 0 Å². The van der Waals surface area contributed by atoms with Crippen LogP contribution in [-0.4, -0.2) is 15.0 Å². The molecule has 0 N–H and O–H groups in total. The monoisotopic (exact) mass is 625 g/mol. The van der Waals surface area contributed by atoms with Crippen molar-refractivity contribution < 1.29 is 4.42 Å². The first-order chi connectivity index (χ1) is 24.2. The van der Waals surface area contributed by atoms with Crippen LogP contribution >= 0.6 is 0 Å². The number of rotatable bonds is 4. The van der Waals surface area contributed by atoms with Crippen LogP contribution in [0.1, 0.15) is 0 Å². The minimum absolute atomic E-state index is 0.571. The topological polar surface area (TPSA) is 51.8 Å². The summed E-state index contributed by atoms with van der Waals surface area (Å²) >= 11 is 0. The summed E-state index contributed by atoms with van der Waals surface area (Å²) in [7, 11) is 0. The Bertz CT molecular complexity index is 2890. The summed E-state index contributed by atoms with van der Waals surface area (Å²) in [6.45, 7) is 0. The molecule has 0 amide bonds. The van der Waals surface area contributed by atoms with Crippen molar-refractivity contribution in [2.24, 2.45) is 0 Å². The molecule has 228 valence electrons. The fourth-order valence-corrected chi connectivity index (χ4v) is 7.01. The van der Waals surface area contributed by atoms with Gasteiger partial charge in [-0.2, -0.15) is 0 Å². The molecule has 4 nitrogen and oxygen atoms in total. The molecule has 0 saturated heterocycles. The normalized spacial score (nSPS) is 11.7. The van der Waals surface area contributed by atoms with Crippen molar-refractivity contribution in [2.45, 2.75) is 0 Å². The molecule has 2 aromatic heterocycles. The third kappa shape index (κ3) is 4.65. The Labute approximate surface area is 282 Å². The van der Waals surface area contributed by atoms with Crippen LogP contribution in [0.25, 0.3) is 99.5 Å². The number of nitrogens with zero attached hydrogens (tertiary/aromatic N) is 3. The van der Waals surface area contributed by atoms with Gasteiger partial charge in [0.1, 0.15) is 11.2 Å². The maximum atomic E-state index is 6.44. The van der Waals surface area contributed by atoms with E-state index in [9.17, 15) is 0 Å². The minimum atomic E-state index is 0.571. The third-order valence-electron chi connectivity index (χ3n) is 9.49. The molecule has 0 bridgehead atoms. The summed E-state index contributed by atoms with van der Waals surface area (Å²) in [6.07, 6.45) is 0. The van der Waals surface area contributed by atoms with Gasteiger partial charge in [-0.05, 0) is 73.8 Å². The quantitative estimate of drug-likeness (QED) is 0.183. The predicted octanol–water partition coefficient (Wildman–Crippen LogP) is 11.9. The second-order valence-corrected chi connectivity index (χ2v) is 12.5. The summed E-state index contributed by atoms with van der Waals surface area (Å²) in [5, 5.41) is 9.13. The molecule has 0 aliphatic carbocycles. The third-order valence-corrected chi connectivity index (χ3v) is 9.49. The number of aromatic nitrogens is 3. The van der Waals surface area contributed by atoms with Gasteiger partial charge < -0.3 is 4.42 Å². The highest BCUT2D eigenvalue weighted by Gasteiger charge is 2.18. The van der Waals surface area contributed by atoms with Crippen LogP contribution in [0, 0.1) is 0 Å². The molecule has 0 aliphatic heterocycles. The molecule has 0 radical (unpaired) electrons. The van der Waals surface area contributed by atoms with E-state index in [-0.39, 0.29) is 0 Å². The van der Waals surface area contributed by atoms with Gasteiger partial charge in [0.05, 0.1) is 5.56 Å². The molecule has 0 saturated carbocycles. The summed E-state index contributed by atoms with van der Waals surface area (Å²) < 4.78 is 6.44. The SMILES string of the molecule is c1ccc(-c2ccc3cc(-c4nc(-c5ccc6ccc7ccccc7c6c5)nc(-c5cccc6c5oc5ccccc56)n4)ccc3c2)cc1. The van der Waals surface area contributed by atoms with E-state index in [2.05, 4.69) is 127 Å². The highest BCUT2D eigenvalue weighted by Crippen LogP contribution is 2.37. The van der Waals surface area contributed by atoms with E-state index in [1.54, 1.807) is 0 Å². The standard InChI is InChI=1S/C45H27N3O/c1-2-9-28(10-3-1)31-20-21-33-26-34(24-22-32(33)25-31)43-46-44(35-23-19-30-18-17-29-11-4-5-12-36(29)40(30)27-35)48-45(47-43)39-15-8-14-38-37-13-6-7-16-41(37)49-42(38)39/h1-27H. The van der Waals surface area contributed by atoms with Crippen molar-refractivity contribution in [1.82, 2.24) is 15.0 Å². The lowest BCUT2D eigenvalue weighted by Gasteiger charge is -2.11. The summed E-state index contributed by atoms with van der Waals surface area (Å²) in [6, 6.07) is 57.1. The Morgan fingerprint density at radius 1 is 0.327 bits per heavy atom. The number of hydrogen-bond donors (Lipinski definition) is 0. The van der Waals surface area contributed by atoms with Crippen LogP contribution < -0.4 is 0 Å². The number of para-hydroxylation sites is 2. The van der Waals surface area contributed by atoms with Crippen LogP contribution in [-0.2, 0) is 0 Å². The van der Waals surface area contributed by atoms with Crippen molar-refractivity contribution in [3.05, 3.63) is 164 Å². The molecular formula is C45H27N3O. The molecular weight excluding hydrogens is 599 g/mol. The number of furan rings is 1. The van der Waals surface area contributed by atoms with E-state index in [1.165, 1.54) is 32.7 Å². The van der Waals surface area contributed by atoms with Crippen LogP contribution in [0.4, 0.5) is 0 Å². The molecule has 49 heavy (non-hydrogen) atoms. The molecule has 10 rings (SSSR count). The zero-order valence-corrected chi connectivity index (χ0v) is 26.3. The smallest absolute Gasteiger partial charge is 0.167 e. The van der Waals surface area contributed by atoms with E-state index >= 15 is 0 Å². The fraction of sp³-hybridized carbons (Fsp3) is 0. The Balaban J connectivity index is 1.18. The largest absolute Gasteiger partial charge is 0.455 e. The minimum Gasteiger partial charge on any atom is -0.455 e. The van der Waals surface area contributed by atoms with Gasteiger partial charge >= 0.3 is 0 Å². The van der Waals surface area contributed by atoms with Crippen molar-refractivity contribution in [2.75, 3.05) is 0 Å². The fourth-order valence-electron chi connectivity index (χ4n) is 7.01. The number of hydrogen-bond acceptors (Lipinski definition) is 4. The van der Waals surface area contributed by atoms with Gasteiger partial charge in [0.15, 0.2) is 17.5 Å². The average Bonchev–Trinajstić information content (AvgIpc) is 3.56. The maximum absolute atomic E-state index is 6.44. The van der Waals surface area contributed by atoms with Gasteiger partial charge in [0.25, 0.3) is 0 Å². The summed E-state index contributed by atoms with van der Waals surface area (Å²) in [5.41, 5.74) is 6.68. The van der Waals surface area contributed by atoms with Gasteiger partial charge in [-0.1, -0.05) is 133 Å². The van der Waals surface area contributed by atoms with Crippen molar-refractivity contribution >= 4 is 54.3 Å². The van der Waals surface area contributed by atoms with E-state index in [0.717, 1.165) is 49.4 Å². The molecule has 0 fully saturated rings. The Morgan fingerprint density at radius 2 is 0.898 bits per heavy atom. The second-order valence-electron chi connectivity index (χ2n) is 12.5. The summed E-state index contributed by atoms with van der Waals surface area (Å²) in [5.74, 6) is 1.80. The molecule has 8 aromatic carbocycles. The highest BCUT2D eigenvalue weighted by molar-refractivity contribution is 6.10. The Hall–Kier alpha value is -6.65. The van der Waals surface area contributed by atoms with E-state index < -0.39 is 0 Å². The van der Waals surface area contributed by atoms with E-state index in [1.807, 2.05) is 36.4 Å². The van der Waals surface area contributed by atoms with Crippen LogP contribution in [0.5, 0.6) is 0 Å². The van der Waals surface area contributed by atoms with Crippen LogP contribution in [0.3, 0.4) is 0 Å². The Kier molecular flexibility index (Phi) is 6.15. The highest BCUT2D eigenvalue weighted by atomic mass is 16.3. The molecule has 4 heteroatoms. The zero-order chi connectivity index (χ0) is 32.3. The average molecular weight is 626 g/mol. The number of fused-ring (bicyclic) bond motifs is 7. The Morgan fingerprint density at radius 3 is 1.71 bits per heavy atom. The maximum Gasteiger partial charge on any atom is 0.167 e. The zero-order valence-electron chi connectivity index (χ0n) is 26.3. The lowest BCUT2D eigenvalue weighted by molar-refractivity contribution is 0.669. The predicted molar refractivity (Wildman–Crippen MR) is 201 cm³/mol. The lowest BCUT2D eigenvalue weighted by Crippen LogP contribution is -2.00. The summed E-state index contributed by atoms with van der Waals surface area (Å²) in [4.78, 5) is 15.4. The molecule has 0 aliphatic rings. The van der Waals surface area contributed by atoms with Crippen molar-refractivity contribution in [3.63, 3.8) is 0 Å². The first kappa shape index (κ1) is 27.5. The molecule has 10 aromatic rings. The van der Waals surface area contributed by atoms with E-state index in [4.69, 9.17) is 19.4 Å². The molecule has 0 atom stereocenters. The first-order valence-electron chi connectivity index (χ1n) is 16.4. The number of benzene rings is 8. The molecule has 0 unspecified atom stereocenters.